The summed E-state index contributed by atoms with van der Waals surface area (Å²) < 4.78 is 0. The highest BCUT2D eigenvalue weighted by Gasteiger charge is 2.26. The fourth-order valence-corrected chi connectivity index (χ4v) is 3.69. The summed E-state index contributed by atoms with van der Waals surface area (Å²) in [5.41, 5.74) is 5.02. The third-order valence-electron chi connectivity index (χ3n) is 4.59. The van der Waals surface area contributed by atoms with Gasteiger partial charge in [0.05, 0.1) is 0 Å². The highest BCUT2D eigenvalue weighted by atomic mass is 15.1. The van der Waals surface area contributed by atoms with E-state index in [9.17, 15) is 0 Å². The number of aromatic nitrogens is 1. The maximum Gasteiger partial charge on any atom is 0.0426 e. The average molecular weight is 275 g/mol. The van der Waals surface area contributed by atoms with Gasteiger partial charge in [0.25, 0.3) is 0 Å². The fraction of sp³-hybridized carbons (Fsp3) is 0.706. The zero-order valence-corrected chi connectivity index (χ0v) is 13.8. The summed E-state index contributed by atoms with van der Waals surface area (Å²) in [6, 6.07) is 3.18. The fourth-order valence-electron chi connectivity index (χ4n) is 3.69. The molecular formula is C17H29N3. The molecule has 1 aromatic rings. The molecule has 0 radical (unpaired) electrons. The molecule has 1 N–H and O–H groups in total. The first-order chi connectivity index (χ1) is 9.38. The van der Waals surface area contributed by atoms with Crippen molar-refractivity contribution in [3.8, 4) is 0 Å². The van der Waals surface area contributed by atoms with Crippen LogP contribution in [-0.2, 0) is 0 Å². The lowest BCUT2D eigenvalue weighted by Crippen LogP contribution is -2.47. The number of likely N-dealkylation sites (tertiary alicyclic amines) is 1. The Morgan fingerprint density at radius 1 is 1.35 bits per heavy atom. The highest BCUT2D eigenvalue weighted by Crippen LogP contribution is 2.24. The van der Waals surface area contributed by atoms with Gasteiger partial charge in [0, 0.05) is 30.0 Å². The third-order valence-corrected chi connectivity index (χ3v) is 4.59. The summed E-state index contributed by atoms with van der Waals surface area (Å²) in [5.74, 6) is 0.704. The van der Waals surface area contributed by atoms with Crippen molar-refractivity contribution in [3.63, 3.8) is 0 Å². The summed E-state index contributed by atoms with van der Waals surface area (Å²) >= 11 is 0. The number of piperidine rings is 1. The van der Waals surface area contributed by atoms with Crippen LogP contribution in [0.1, 0.15) is 48.8 Å². The molecule has 1 fully saturated rings. The first-order valence-electron chi connectivity index (χ1n) is 7.77. The van der Waals surface area contributed by atoms with Gasteiger partial charge in [-0.25, -0.2) is 0 Å². The van der Waals surface area contributed by atoms with Gasteiger partial charge in [-0.3, -0.25) is 4.98 Å². The minimum atomic E-state index is 0.374. The second-order valence-corrected chi connectivity index (χ2v) is 6.60. The van der Waals surface area contributed by atoms with Crippen molar-refractivity contribution in [2.24, 2.45) is 5.92 Å². The van der Waals surface area contributed by atoms with E-state index in [-0.39, 0.29) is 0 Å². The summed E-state index contributed by atoms with van der Waals surface area (Å²) in [5, 5.41) is 3.84. The quantitative estimate of drug-likeness (QED) is 0.919. The van der Waals surface area contributed by atoms with Crippen LogP contribution in [0.15, 0.2) is 6.07 Å². The first kappa shape index (κ1) is 15.5. The molecule has 0 bridgehead atoms. The Hall–Kier alpha value is -0.930. The van der Waals surface area contributed by atoms with Gasteiger partial charge in [-0.1, -0.05) is 6.92 Å². The molecule has 0 aliphatic carbocycles. The van der Waals surface area contributed by atoms with Crippen molar-refractivity contribution >= 4 is 0 Å². The predicted molar refractivity (Wildman–Crippen MR) is 85.1 cm³/mol. The third kappa shape index (κ3) is 3.39. The van der Waals surface area contributed by atoms with Crippen LogP contribution in [0.25, 0.3) is 0 Å². The van der Waals surface area contributed by atoms with Gasteiger partial charge in [-0.2, -0.15) is 0 Å². The van der Waals surface area contributed by atoms with Gasteiger partial charge in [0.15, 0.2) is 0 Å². The van der Waals surface area contributed by atoms with E-state index in [2.05, 4.69) is 62.9 Å². The smallest absolute Gasteiger partial charge is 0.0426 e. The van der Waals surface area contributed by atoms with E-state index in [0.29, 0.717) is 18.0 Å². The number of hydrogen-bond acceptors (Lipinski definition) is 3. The van der Waals surface area contributed by atoms with Crippen LogP contribution in [0, 0.1) is 26.7 Å². The molecule has 0 saturated carbocycles. The molecule has 2 heterocycles. The predicted octanol–water partition coefficient (Wildman–Crippen LogP) is 3.00. The SMILES string of the molecule is Cc1cc(C)c(C(C)NC2CCN(C)CC2C)c(C)n1. The molecule has 1 aliphatic rings. The Morgan fingerprint density at radius 2 is 2.05 bits per heavy atom. The molecule has 0 spiro atoms. The van der Waals surface area contributed by atoms with E-state index in [1.54, 1.807) is 0 Å². The first-order valence-corrected chi connectivity index (χ1v) is 7.77. The monoisotopic (exact) mass is 275 g/mol. The summed E-state index contributed by atoms with van der Waals surface area (Å²) in [6.07, 6.45) is 1.24. The Bertz CT molecular complexity index is 446. The minimum absolute atomic E-state index is 0.374. The van der Waals surface area contributed by atoms with Gasteiger partial charge >= 0.3 is 0 Å². The molecule has 112 valence electrons. The van der Waals surface area contributed by atoms with Crippen LogP contribution >= 0.6 is 0 Å². The van der Waals surface area contributed by atoms with Gasteiger partial charge < -0.3 is 10.2 Å². The summed E-state index contributed by atoms with van der Waals surface area (Å²) in [6.45, 7) is 13.4. The maximum absolute atomic E-state index is 4.63. The van der Waals surface area contributed by atoms with Gasteiger partial charge in [0.1, 0.15) is 0 Å². The van der Waals surface area contributed by atoms with Crippen LogP contribution < -0.4 is 5.32 Å². The molecule has 3 atom stereocenters. The van der Waals surface area contributed by atoms with Crippen LogP contribution in [0.3, 0.4) is 0 Å². The topological polar surface area (TPSA) is 28.2 Å². The van der Waals surface area contributed by atoms with E-state index in [4.69, 9.17) is 0 Å². The second-order valence-electron chi connectivity index (χ2n) is 6.60. The average Bonchev–Trinajstić information content (AvgIpc) is 2.31. The molecule has 3 unspecified atom stereocenters. The second kappa shape index (κ2) is 6.23. The Labute approximate surface area is 123 Å². The maximum atomic E-state index is 4.63. The van der Waals surface area contributed by atoms with Crippen LogP contribution in [0.5, 0.6) is 0 Å². The van der Waals surface area contributed by atoms with E-state index in [0.717, 1.165) is 5.69 Å². The molecule has 2 rings (SSSR count). The number of nitrogens with zero attached hydrogens (tertiary/aromatic N) is 2. The lowest BCUT2D eigenvalue weighted by molar-refractivity contribution is 0.167. The standard InChI is InChI=1S/C17H29N3/c1-11-9-13(3)18-14(4)17(11)15(5)19-16-7-8-20(6)10-12(16)2/h9,12,15-16,19H,7-8,10H2,1-6H3. The number of pyridine rings is 1. The minimum Gasteiger partial charge on any atom is -0.307 e. The molecule has 1 saturated heterocycles. The molecule has 0 amide bonds. The van der Waals surface area contributed by atoms with Crippen molar-refractivity contribution in [1.29, 1.82) is 0 Å². The molecule has 20 heavy (non-hydrogen) atoms. The van der Waals surface area contributed by atoms with Gasteiger partial charge in [0.2, 0.25) is 0 Å². The Balaban J connectivity index is 2.10. The zero-order chi connectivity index (χ0) is 14.9. The number of aryl methyl sites for hydroxylation is 3. The van der Waals surface area contributed by atoms with E-state index >= 15 is 0 Å². The van der Waals surface area contributed by atoms with E-state index in [1.165, 1.54) is 36.3 Å². The normalized spacial score (nSPS) is 25.7. The highest BCUT2D eigenvalue weighted by molar-refractivity contribution is 5.33. The van der Waals surface area contributed by atoms with Crippen molar-refractivity contribution in [2.45, 2.75) is 53.1 Å². The molecule has 0 aromatic carbocycles. The van der Waals surface area contributed by atoms with Crippen LogP contribution in [0.2, 0.25) is 0 Å². The van der Waals surface area contributed by atoms with Crippen molar-refractivity contribution in [3.05, 3.63) is 28.6 Å². The molecular weight excluding hydrogens is 246 g/mol. The molecule has 3 nitrogen and oxygen atoms in total. The molecule has 1 aliphatic heterocycles. The van der Waals surface area contributed by atoms with E-state index < -0.39 is 0 Å². The lowest BCUT2D eigenvalue weighted by atomic mass is 9.92. The Morgan fingerprint density at radius 3 is 2.65 bits per heavy atom. The lowest BCUT2D eigenvalue weighted by Gasteiger charge is -2.37. The van der Waals surface area contributed by atoms with Gasteiger partial charge in [-0.15, -0.1) is 0 Å². The summed E-state index contributed by atoms with van der Waals surface area (Å²) in [7, 11) is 2.22. The largest absolute Gasteiger partial charge is 0.307 e. The van der Waals surface area contributed by atoms with Crippen LogP contribution in [0.4, 0.5) is 0 Å². The van der Waals surface area contributed by atoms with Crippen molar-refractivity contribution < 1.29 is 0 Å². The number of rotatable bonds is 3. The molecule has 3 heteroatoms. The van der Waals surface area contributed by atoms with E-state index in [1.807, 2.05) is 0 Å². The summed E-state index contributed by atoms with van der Waals surface area (Å²) in [4.78, 5) is 7.06. The number of hydrogen-bond donors (Lipinski definition) is 1. The zero-order valence-electron chi connectivity index (χ0n) is 13.8. The number of nitrogens with one attached hydrogen (secondary N) is 1. The molecule has 1 aromatic heterocycles. The Kier molecular flexibility index (Phi) is 4.82. The van der Waals surface area contributed by atoms with Crippen molar-refractivity contribution in [2.75, 3.05) is 20.1 Å². The van der Waals surface area contributed by atoms with Gasteiger partial charge in [-0.05, 0) is 70.8 Å². The van der Waals surface area contributed by atoms with Crippen LogP contribution in [-0.4, -0.2) is 36.1 Å². The van der Waals surface area contributed by atoms with Crippen molar-refractivity contribution in [1.82, 2.24) is 15.2 Å².